The average Bonchev–Trinajstić information content (AvgIpc) is 3.41. The van der Waals surface area contributed by atoms with Gasteiger partial charge in [0.25, 0.3) is 5.91 Å². The number of thioether (sulfide) groups is 2. The number of methoxy groups -OCH3 is 3. The number of benzene rings is 2. The van der Waals surface area contributed by atoms with E-state index in [1.807, 2.05) is 58.8 Å². The van der Waals surface area contributed by atoms with Gasteiger partial charge in [-0.25, -0.2) is 0 Å². The predicted molar refractivity (Wildman–Crippen MR) is 135 cm³/mol. The van der Waals surface area contributed by atoms with Gasteiger partial charge in [-0.1, -0.05) is 24.3 Å². The summed E-state index contributed by atoms with van der Waals surface area (Å²) >= 11 is 3.86. The van der Waals surface area contributed by atoms with E-state index in [0.29, 0.717) is 41.3 Å². The van der Waals surface area contributed by atoms with E-state index >= 15 is 0 Å². The van der Waals surface area contributed by atoms with Crippen molar-refractivity contribution in [1.29, 1.82) is 0 Å². The van der Waals surface area contributed by atoms with Gasteiger partial charge in [0.05, 0.1) is 31.5 Å². The van der Waals surface area contributed by atoms with Crippen LogP contribution in [0.3, 0.4) is 0 Å². The van der Waals surface area contributed by atoms with Gasteiger partial charge in [-0.3, -0.25) is 4.79 Å². The smallest absolute Gasteiger partial charge is 0.260 e. The van der Waals surface area contributed by atoms with Crippen LogP contribution < -0.4 is 18.9 Å². The quantitative estimate of drug-likeness (QED) is 0.526. The van der Waals surface area contributed by atoms with Crippen molar-refractivity contribution in [3.8, 4) is 23.0 Å². The molecule has 0 spiro atoms. The Bertz CT molecular complexity index is 995. The highest BCUT2D eigenvalue weighted by Crippen LogP contribution is 2.48. The molecular formula is C25H29NO5S2. The Morgan fingerprint density at radius 3 is 2.30 bits per heavy atom. The minimum absolute atomic E-state index is 0.0134. The lowest BCUT2D eigenvalue weighted by Crippen LogP contribution is -2.38. The first-order chi connectivity index (χ1) is 16.1. The summed E-state index contributed by atoms with van der Waals surface area (Å²) in [4.78, 5) is 14.7. The van der Waals surface area contributed by atoms with Crippen molar-refractivity contribution in [3.05, 3.63) is 53.6 Å². The van der Waals surface area contributed by atoms with E-state index in [9.17, 15) is 4.79 Å². The van der Waals surface area contributed by atoms with E-state index in [-0.39, 0.29) is 12.5 Å². The standard InChI is InChI=1S/C25H29NO5S2/c1-28-18-14-21(29-2)24(22(15-18)30-3)17-8-10-26(11-9-17)23(27)16-31-20-7-5-4-6-19(20)25-32-12-13-33-25/h4-8,14-15,25H,9-13,16H2,1-3H3. The van der Waals surface area contributed by atoms with Gasteiger partial charge in [0.1, 0.15) is 23.0 Å². The Labute approximate surface area is 203 Å². The lowest BCUT2D eigenvalue weighted by atomic mass is 9.97. The summed E-state index contributed by atoms with van der Waals surface area (Å²) in [6.07, 6.45) is 2.77. The second kappa shape index (κ2) is 11.1. The van der Waals surface area contributed by atoms with E-state index in [0.717, 1.165) is 34.0 Å². The molecule has 0 saturated carbocycles. The highest BCUT2D eigenvalue weighted by Gasteiger charge is 2.25. The molecule has 2 aliphatic heterocycles. The fourth-order valence-electron chi connectivity index (χ4n) is 4.02. The van der Waals surface area contributed by atoms with E-state index in [4.69, 9.17) is 18.9 Å². The zero-order valence-corrected chi connectivity index (χ0v) is 20.8. The summed E-state index contributed by atoms with van der Waals surface area (Å²) in [6.45, 7) is 1.17. The molecule has 0 aromatic heterocycles. The summed E-state index contributed by atoms with van der Waals surface area (Å²) < 4.78 is 22.9. The monoisotopic (exact) mass is 487 g/mol. The number of rotatable bonds is 8. The van der Waals surface area contributed by atoms with Gasteiger partial charge in [0.2, 0.25) is 0 Å². The first kappa shape index (κ1) is 23.7. The normalized spacial score (nSPS) is 16.3. The maximum absolute atomic E-state index is 12.9. The van der Waals surface area contributed by atoms with Gasteiger partial charge in [0.15, 0.2) is 6.61 Å². The van der Waals surface area contributed by atoms with Gasteiger partial charge in [-0.05, 0) is 18.1 Å². The van der Waals surface area contributed by atoms with Crippen molar-refractivity contribution in [3.63, 3.8) is 0 Å². The molecule has 2 aliphatic rings. The Kier molecular flexibility index (Phi) is 7.98. The van der Waals surface area contributed by atoms with E-state index < -0.39 is 0 Å². The molecule has 0 aliphatic carbocycles. The number of hydrogen-bond donors (Lipinski definition) is 0. The average molecular weight is 488 g/mol. The first-order valence-electron chi connectivity index (χ1n) is 10.9. The van der Waals surface area contributed by atoms with Crippen molar-refractivity contribution in [2.24, 2.45) is 0 Å². The highest BCUT2D eigenvalue weighted by atomic mass is 32.2. The lowest BCUT2D eigenvalue weighted by Gasteiger charge is -2.28. The molecule has 0 unspecified atom stereocenters. The van der Waals surface area contributed by atoms with Gasteiger partial charge < -0.3 is 23.8 Å². The molecule has 1 saturated heterocycles. The Balaban J connectivity index is 1.42. The maximum Gasteiger partial charge on any atom is 0.260 e. The molecule has 0 N–H and O–H groups in total. The molecule has 0 bridgehead atoms. The van der Waals surface area contributed by atoms with Crippen LogP contribution in [0.5, 0.6) is 23.0 Å². The van der Waals surface area contributed by atoms with Gasteiger partial charge in [0, 0.05) is 42.3 Å². The van der Waals surface area contributed by atoms with Crippen molar-refractivity contribution < 1.29 is 23.7 Å². The molecule has 1 fully saturated rings. The summed E-state index contributed by atoms with van der Waals surface area (Å²) in [5, 5.41) is 0. The first-order valence-corrected chi connectivity index (χ1v) is 13.0. The molecule has 0 radical (unpaired) electrons. The Morgan fingerprint density at radius 1 is 1.00 bits per heavy atom. The van der Waals surface area contributed by atoms with Crippen molar-refractivity contribution in [2.45, 2.75) is 11.0 Å². The molecule has 0 atom stereocenters. The van der Waals surface area contributed by atoms with Crippen molar-refractivity contribution in [1.82, 2.24) is 4.90 Å². The van der Waals surface area contributed by atoms with Crippen LogP contribution in [0.15, 0.2) is 42.5 Å². The van der Waals surface area contributed by atoms with E-state index in [2.05, 4.69) is 12.1 Å². The van der Waals surface area contributed by atoms with Crippen molar-refractivity contribution in [2.75, 3.05) is 52.5 Å². The molecule has 8 heteroatoms. The van der Waals surface area contributed by atoms with Crippen LogP contribution in [0.4, 0.5) is 0 Å². The highest BCUT2D eigenvalue weighted by molar-refractivity contribution is 8.19. The van der Waals surface area contributed by atoms with Crippen LogP contribution in [0.1, 0.15) is 22.1 Å². The van der Waals surface area contributed by atoms with Gasteiger partial charge >= 0.3 is 0 Å². The zero-order chi connectivity index (χ0) is 23.2. The fraction of sp³-hybridized carbons (Fsp3) is 0.400. The largest absolute Gasteiger partial charge is 0.496 e. The fourth-order valence-corrected chi connectivity index (χ4v) is 6.93. The SMILES string of the molecule is COc1cc(OC)c(C2=CCN(C(=O)COc3ccccc3C3SCCS3)CC2)c(OC)c1. The second-order valence-corrected chi connectivity index (χ2v) is 10.4. The third-order valence-corrected chi connectivity index (χ3v) is 8.81. The number of para-hydroxylation sites is 1. The summed E-state index contributed by atoms with van der Waals surface area (Å²) in [7, 11) is 4.88. The third-order valence-electron chi connectivity index (χ3n) is 5.74. The Morgan fingerprint density at radius 2 is 1.70 bits per heavy atom. The van der Waals surface area contributed by atoms with Crippen LogP contribution >= 0.6 is 23.5 Å². The minimum atomic E-state index is -0.0134. The van der Waals surface area contributed by atoms with Crippen LogP contribution in [0.2, 0.25) is 0 Å². The molecular weight excluding hydrogens is 458 g/mol. The van der Waals surface area contributed by atoms with Crippen LogP contribution in [0.25, 0.3) is 5.57 Å². The van der Waals surface area contributed by atoms with Crippen LogP contribution in [-0.2, 0) is 4.79 Å². The van der Waals surface area contributed by atoms with E-state index in [1.54, 1.807) is 21.3 Å². The molecule has 33 heavy (non-hydrogen) atoms. The van der Waals surface area contributed by atoms with Crippen LogP contribution in [-0.4, -0.2) is 63.3 Å². The number of hydrogen-bond acceptors (Lipinski definition) is 7. The third kappa shape index (κ3) is 5.38. The summed E-state index contributed by atoms with van der Waals surface area (Å²) in [5.74, 6) is 5.15. The zero-order valence-electron chi connectivity index (χ0n) is 19.2. The summed E-state index contributed by atoms with van der Waals surface area (Å²) in [6, 6.07) is 11.7. The molecule has 2 aromatic rings. The molecule has 2 aromatic carbocycles. The molecule has 1 amide bonds. The number of amides is 1. The molecule has 4 rings (SSSR count). The number of ether oxygens (including phenoxy) is 4. The number of carbonyl (C=O) groups excluding carboxylic acids is 1. The lowest BCUT2D eigenvalue weighted by molar-refractivity contribution is -0.132. The van der Waals surface area contributed by atoms with Gasteiger partial charge in [-0.15, -0.1) is 23.5 Å². The number of nitrogens with zero attached hydrogens (tertiary/aromatic N) is 1. The molecule has 176 valence electrons. The topological polar surface area (TPSA) is 57.2 Å². The summed E-state index contributed by atoms with van der Waals surface area (Å²) in [5.41, 5.74) is 3.17. The minimum Gasteiger partial charge on any atom is -0.496 e. The predicted octanol–water partition coefficient (Wildman–Crippen LogP) is 4.89. The van der Waals surface area contributed by atoms with E-state index in [1.165, 1.54) is 0 Å². The van der Waals surface area contributed by atoms with Crippen LogP contribution in [0, 0.1) is 0 Å². The molecule has 6 nitrogen and oxygen atoms in total. The number of carbonyl (C=O) groups is 1. The maximum atomic E-state index is 12.9. The van der Waals surface area contributed by atoms with Gasteiger partial charge in [-0.2, -0.15) is 0 Å². The van der Waals surface area contributed by atoms with Crippen molar-refractivity contribution >= 4 is 35.0 Å². The Hall–Kier alpha value is -2.45. The second-order valence-electron chi connectivity index (χ2n) is 7.63. The molecule has 2 heterocycles.